The van der Waals surface area contributed by atoms with Crippen LogP contribution in [0.4, 0.5) is 19.0 Å². The van der Waals surface area contributed by atoms with Crippen LogP contribution in [-0.4, -0.2) is 44.3 Å². The second-order valence-corrected chi connectivity index (χ2v) is 6.04. The molecular formula is C18H24F3N5. The van der Waals surface area contributed by atoms with Gasteiger partial charge in [-0.2, -0.15) is 13.2 Å². The van der Waals surface area contributed by atoms with E-state index in [-0.39, 0.29) is 6.54 Å². The molecule has 0 aliphatic rings. The highest BCUT2D eigenvalue weighted by molar-refractivity contribution is 5.85. The molecular weight excluding hydrogens is 343 g/mol. The fourth-order valence-corrected chi connectivity index (χ4v) is 2.42. The molecule has 0 fully saturated rings. The van der Waals surface area contributed by atoms with Gasteiger partial charge in [0.15, 0.2) is 5.96 Å². The van der Waals surface area contributed by atoms with Crippen molar-refractivity contribution in [3.63, 3.8) is 0 Å². The van der Waals surface area contributed by atoms with Crippen molar-refractivity contribution in [2.45, 2.75) is 26.1 Å². The van der Waals surface area contributed by atoms with Crippen molar-refractivity contribution in [3.05, 3.63) is 35.9 Å². The van der Waals surface area contributed by atoms with Crippen LogP contribution in [0.3, 0.4) is 0 Å². The molecule has 0 amide bonds. The number of nitrogens with one attached hydrogen (secondary N) is 2. The maximum Gasteiger partial charge on any atom is 0.390 e. The fourth-order valence-electron chi connectivity index (χ4n) is 2.42. The number of aliphatic imine (C=N–C) groups is 1. The lowest BCUT2D eigenvalue weighted by molar-refractivity contribution is -0.132. The van der Waals surface area contributed by atoms with Gasteiger partial charge in [-0.1, -0.05) is 18.2 Å². The number of hydrogen-bond acceptors (Lipinski definition) is 3. The van der Waals surface area contributed by atoms with Gasteiger partial charge in [0.2, 0.25) is 0 Å². The van der Waals surface area contributed by atoms with Crippen LogP contribution < -0.4 is 15.5 Å². The third-order valence-electron chi connectivity index (χ3n) is 3.70. The van der Waals surface area contributed by atoms with E-state index in [4.69, 9.17) is 0 Å². The molecule has 26 heavy (non-hydrogen) atoms. The number of halogens is 3. The van der Waals surface area contributed by atoms with E-state index >= 15 is 0 Å². The molecule has 0 saturated heterocycles. The van der Waals surface area contributed by atoms with E-state index in [9.17, 15) is 13.2 Å². The zero-order valence-corrected chi connectivity index (χ0v) is 15.2. The molecule has 0 spiro atoms. The standard InChI is InChI=1S/C18H24F3N5/c1-4-22-17(23-10-9-18(19,20)21)24-12-13-11-16(26(2)3)25-15-8-6-5-7-14(13)15/h5-8,11H,4,9-10,12H2,1-3H3,(H2,22,23,24). The number of nitrogens with zero attached hydrogens (tertiary/aromatic N) is 3. The first-order valence-corrected chi connectivity index (χ1v) is 8.45. The molecule has 142 valence electrons. The van der Waals surface area contributed by atoms with Gasteiger partial charge in [0.1, 0.15) is 5.82 Å². The molecule has 2 N–H and O–H groups in total. The highest BCUT2D eigenvalue weighted by Gasteiger charge is 2.26. The van der Waals surface area contributed by atoms with E-state index in [1.165, 1.54) is 0 Å². The van der Waals surface area contributed by atoms with Crippen molar-refractivity contribution in [1.82, 2.24) is 15.6 Å². The van der Waals surface area contributed by atoms with Gasteiger partial charge >= 0.3 is 6.18 Å². The van der Waals surface area contributed by atoms with Gasteiger partial charge in [0, 0.05) is 32.6 Å². The van der Waals surface area contributed by atoms with Gasteiger partial charge < -0.3 is 15.5 Å². The Morgan fingerprint density at radius 3 is 2.58 bits per heavy atom. The van der Waals surface area contributed by atoms with Gasteiger partial charge in [0.25, 0.3) is 0 Å². The molecule has 8 heteroatoms. The van der Waals surface area contributed by atoms with Crippen LogP contribution in [0.15, 0.2) is 35.3 Å². The van der Waals surface area contributed by atoms with E-state index in [2.05, 4.69) is 20.6 Å². The van der Waals surface area contributed by atoms with E-state index < -0.39 is 12.6 Å². The molecule has 0 aliphatic carbocycles. The summed E-state index contributed by atoms with van der Waals surface area (Å²) in [6.45, 7) is 2.56. The van der Waals surface area contributed by atoms with Gasteiger partial charge in [-0.3, -0.25) is 0 Å². The zero-order valence-electron chi connectivity index (χ0n) is 15.2. The summed E-state index contributed by atoms with van der Waals surface area (Å²) in [4.78, 5) is 10.9. The summed E-state index contributed by atoms with van der Waals surface area (Å²) in [6.07, 6.45) is -5.09. The largest absolute Gasteiger partial charge is 0.390 e. The lowest BCUT2D eigenvalue weighted by Gasteiger charge is -2.15. The van der Waals surface area contributed by atoms with Gasteiger partial charge in [-0.25, -0.2) is 9.98 Å². The number of aromatic nitrogens is 1. The number of hydrogen-bond donors (Lipinski definition) is 2. The van der Waals surface area contributed by atoms with E-state index in [0.29, 0.717) is 19.0 Å². The molecule has 1 aromatic heterocycles. The number of benzene rings is 1. The second-order valence-electron chi connectivity index (χ2n) is 6.04. The summed E-state index contributed by atoms with van der Waals surface area (Å²) in [6, 6.07) is 9.70. The maximum atomic E-state index is 12.3. The molecule has 2 rings (SSSR count). The quantitative estimate of drug-likeness (QED) is 0.608. The predicted octanol–water partition coefficient (Wildman–Crippen LogP) is 3.31. The Kier molecular flexibility index (Phi) is 6.65. The Labute approximate surface area is 151 Å². The number of guanidine groups is 1. The van der Waals surface area contributed by atoms with E-state index in [0.717, 1.165) is 22.3 Å². The minimum absolute atomic E-state index is 0.213. The molecule has 1 heterocycles. The van der Waals surface area contributed by atoms with Crippen molar-refractivity contribution >= 4 is 22.7 Å². The third kappa shape index (κ3) is 5.79. The molecule has 2 aromatic rings. The molecule has 1 aromatic carbocycles. The third-order valence-corrected chi connectivity index (χ3v) is 3.70. The first kappa shape index (κ1) is 19.8. The lowest BCUT2D eigenvalue weighted by Crippen LogP contribution is -2.38. The Morgan fingerprint density at radius 1 is 1.19 bits per heavy atom. The first-order valence-electron chi connectivity index (χ1n) is 8.45. The molecule has 0 aliphatic heterocycles. The molecule has 0 saturated carbocycles. The van der Waals surface area contributed by atoms with Crippen molar-refractivity contribution in [2.24, 2.45) is 4.99 Å². The summed E-state index contributed by atoms with van der Waals surface area (Å²) in [5.74, 6) is 1.17. The van der Waals surface area contributed by atoms with Crippen LogP contribution in [0.5, 0.6) is 0 Å². The summed E-state index contributed by atoms with van der Waals surface area (Å²) in [5, 5.41) is 6.68. The summed E-state index contributed by atoms with van der Waals surface area (Å²) < 4.78 is 37.0. The number of para-hydroxylation sites is 1. The van der Waals surface area contributed by atoms with Crippen LogP contribution in [-0.2, 0) is 6.54 Å². The molecule has 0 unspecified atom stereocenters. The second kappa shape index (κ2) is 8.73. The predicted molar refractivity (Wildman–Crippen MR) is 99.6 cm³/mol. The number of fused-ring (bicyclic) bond motifs is 1. The summed E-state index contributed by atoms with van der Waals surface area (Å²) >= 11 is 0. The normalized spacial score (nSPS) is 12.3. The van der Waals surface area contributed by atoms with Crippen LogP contribution in [0.2, 0.25) is 0 Å². The smallest absolute Gasteiger partial charge is 0.363 e. The Bertz CT molecular complexity index is 756. The molecule has 0 bridgehead atoms. The van der Waals surface area contributed by atoms with Gasteiger partial charge in [-0.15, -0.1) is 0 Å². The SMILES string of the molecule is CCNC(=NCc1cc(N(C)C)nc2ccccc12)NCCC(F)(F)F. The van der Waals surface area contributed by atoms with Crippen LogP contribution >= 0.6 is 0 Å². The summed E-state index contributed by atoms with van der Waals surface area (Å²) in [5.41, 5.74) is 1.83. The monoisotopic (exact) mass is 367 g/mol. The van der Waals surface area contributed by atoms with Crippen molar-refractivity contribution < 1.29 is 13.2 Å². The van der Waals surface area contributed by atoms with Crippen LogP contribution in [0.25, 0.3) is 10.9 Å². The summed E-state index contributed by atoms with van der Waals surface area (Å²) in [7, 11) is 3.82. The Balaban J connectivity index is 2.22. The average molecular weight is 367 g/mol. The lowest BCUT2D eigenvalue weighted by atomic mass is 10.1. The topological polar surface area (TPSA) is 52.6 Å². The molecule has 0 atom stereocenters. The maximum absolute atomic E-state index is 12.3. The minimum Gasteiger partial charge on any atom is -0.363 e. The van der Waals surface area contributed by atoms with E-state index in [1.54, 1.807) is 0 Å². The number of rotatable bonds is 6. The number of anilines is 1. The van der Waals surface area contributed by atoms with Gasteiger partial charge in [0.05, 0.1) is 18.5 Å². The number of pyridine rings is 1. The minimum atomic E-state index is -4.19. The zero-order chi connectivity index (χ0) is 19.2. The van der Waals surface area contributed by atoms with Crippen molar-refractivity contribution in [1.29, 1.82) is 0 Å². The Morgan fingerprint density at radius 2 is 1.92 bits per heavy atom. The average Bonchev–Trinajstić information content (AvgIpc) is 2.58. The van der Waals surface area contributed by atoms with Crippen LogP contribution in [0, 0.1) is 0 Å². The fraction of sp³-hybridized carbons (Fsp3) is 0.444. The molecule has 5 nitrogen and oxygen atoms in total. The first-order chi connectivity index (χ1) is 12.3. The highest BCUT2D eigenvalue weighted by atomic mass is 19.4. The number of alkyl halides is 3. The van der Waals surface area contributed by atoms with Crippen molar-refractivity contribution in [2.75, 3.05) is 32.1 Å². The van der Waals surface area contributed by atoms with Crippen LogP contribution in [0.1, 0.15) is 18.9 Å². The van der Waals surface area contributed by atoms with Crippen molar-refractivity contribution in [3.8, 4) is 0 Å². The highest BCUT2D eigenvalue weighted by Crippen LogP contribution is 2.23. The Hall–Kier alpha value is -2.51. The van der Waals surface area contributed by atoms with Gasteiger partial charge in [-0.05, 0) is 24.6 Å². The van der Waals surface area contributed by atoms with E-state index in [1.807, 2.05) is 56.3 Å². The molecule has 0 radical (unpaired) electrons.